The lowest BCUT2D eigenvalue weighted by atomic mass is 9.94. The van der Waals surface area contributed by atoms with Crippen molar-refractivity contribution in [3.8, 4) is 35.3 Å². The van der Waals surface area contributed by atoms with Crippen LogP contribution in [0.4, 0.5) is 0 Å². The first-order chi connectivity index (χ1) is 16.8. The Bertz CT molecular complexity index is 1240. The number of hydrogen-bond donors (Lipinski definition) is 3. The number of nitrogens with one attached hydrogen (secondary N) is 2. The van der Waals surface area contributed by atoms with Crippen LogP contribution in [-0.2, 0) is 6.42 Å². The van der Waals surface area contributed by atoms with E-state index in [1.165, 1.54) is 6.07 Å². The van der Waals surface area contributed by atoms with Crippen LogP contribution in [0.2, 0.25) is 0 Å². The molecule has 1 atom stereocenters. The van der Waals surface area contributed by atoms with Crippen molar-refractivity contribution in [2.45, 2.75) is 31.9 Å². The summed E-state index contributed by atoms with van der Waals surface area (Å²) in [6.07, 6.45) is 5.24. The quantitative estimate of drug-likeness (QED) is 0.343. The van der Waals surface area contributed by atoms with Gasteiger partial charge in [0.15, 0.2) is 11.5 Å². The van der Waals surface area contributed by atoms with Crippen molar-refractivity contribution in [1.29, 1.82) is 0 Å². The van der Waals surface area contributed by atoms with Crippen LogP contribution in [0.15, 0.2) is 47.3 Å². The molecular weight excluding hydrogens is 448 g/mol. The Balaban J connectivity index is 1.60. The van der Waals surface area contributed by atoms with Crippen molar-refractivity contribution in [1.82, 2.24) is 10.3 Å². The summed E-state index contributed by atoms with van der Waals surface area (Å²) in [7, 11) is 3.22. The molecule has 3 N–H and O–H groups in total. The van der Waals surface area contributed by atoms with Gasteiger partial charge in [-0.05, 0) is 56.2 Å². The number of aliphatic hydroxyl groups is 1. The van der Waals surface area contributed by atoms with Gasteiger partial charge < -0.3 is 34.4 Å². The number of ether oxygens (including phenoxy) is 4. The molecule has 0 saturated carbocycles. The Morgan fingerprint density at radius 2 is 1.74 bits per heavy atom. The minimum atomic E-state index is -0.755. The highest BCUT2D eigenvalue weighted by Crippen LogP contribution is 2.31. The van der Waals surface area contributed by atoms with Gasteiger partial charge in [0.25, 0.3) is 0 Å². The highest BCUT2D eigenvalue weighted by Gasteiger charge is 2.21. The Morgan fingerprint density at radius 3 is 2.46 bits per heavy atom. The van der Waals surface area contributed by atoms with Crippen LogP contribution in [0.1, 0.15) is 19.4 Å². The molecule has 2 aromatic carbocycles. The van der Waals surface area contributed by atoms with Crippen LogP contribution in [0, 0.1) is 12.3 Å². The van der Waals surface area contributed by atoms with Crippen molar-refractivity contribution in [3.63, 3.8) is 0 Å². The molecular formula is C27H32N2O6. The molecule has 1 aromatic heterocycles. The first-order valence-electron chi connectivity index (χ1n) is 11.3. The number of fused-ring (bicyclic) bond motifs is 1. The molecule has 0 spiro atoms. The average Bonchev–Trinajstić information content (AvgIpc) is 2.84. The minimum absolute atomic E-state index is 0.0677. The van der Waals surface area contributed by atoms with E-state index < -0.39 is 6.10 Å². The van der Waals surface area contributed by atoms with Crippen molar-refractivity contribution in [3.05, 3.63) is 58.4 Å². The van der Waals surface area contributed by atoms with Gasteiger partial charge in [0, 0.05) is 23.5 Å². The first-order valence-corrected chi connectivity index (χ1v) is 11.3. The third kappa shape index (κ3) is 6.92. The molecule has 0 aliphatic carbocycles. The number of H-pyrrole nitrogens is 1. The Labute approximate surface area is 205 Å². The molecule has 0 bridgehead atoms. The van der Waals surface area contributed by atoms with Crippen LogP contribution in [0.25, 0.3) is 10.9 Å². The van der Waals surface area contributed by atoms with Gasteiger partial charge in [-0.15, -0.1) is 6.42 Å². The molecule has 35 heavy (non-hydrogen) atoms. The Hall–Kier alpha value is -3.67. The summed E-state index contributed by atoms with van der Waals surface area (Å²) in [5.41, 5.74) is 1.02. The summed E-state index contributed by atoms with van der Waals surface area (Å²) < 4.78 is 22.1. The van der Waals surface area contributed by atoms with Gasteiger partial charge in [-0.25, -0.2) is 0 Å². The van der Waals surface area contributed by atoms with E-state index in [2.05, 4.69) is 30.1 Å². The molecule has 3 aromatic rings. The zero-order chi connectivity index (χ0) is 25.4. The van der Waals surface area contributed by atoms with E-state index in [0.717, 1.165) is 12.0 Å². The predicted molar refractivity (Wildman–Crippen MR) is 136 cm³/mol. The summed E-state index contributed by atoms with van der Waals surface area (Å²) in [6.45, 7) is 4.61. The van der Waals surface area contributed by atoms with E-state index >= 15 is 0 Å². The summed E-state index contributed by atoms with van der Waals surface area (Å²) >= 11 is 0. The Morgan fingerprint density at radius 1 is 1.03 bits per heavy atom. The molecule has 1 unspecified atom stereocenters. The molecule has 186 valence electrons. The SMILES string of the molecule is C#CCOc1ccc(OCC(O)CNC(C)(C)Cc2ccc(OC)c(OC)c2)c2ccc(=O)[nH]c12. The molecule has 0 saturated heterocycles. The number of rotatable bonds is 12. The summed E-state index contributed by atoms with van der Waals surface area (Å²) in [5, 5.41) is 14.6. The van der Waals surface area contributed by atoms with Crippen LogP contribution in [-0.4, -0.2) is 55.7 Å². The first kappa shape index (κ1) is 25.9. The monoisotopic (exact) mass is 480 g/mol. The summed E-state index contributed by atoms with van der Waals surface area (Å²) in [6, 6.07) is 12.3. The number of hydrogen-bond acceptors (Lipinski definition) is 7. The normalized spacial score (nSPS) is 12.1. The van der Waals surface area contributed by atoms with Gasteiger partial charge in [-0.2, -0.15) is 0 Å². The van der Waals surface area contributed by atoms with Gasteiger partial charge in [-0.3, -0.25) is 4.79 Å². The van der Waals surface area contributed by atoms with E-state index in [9.17, 15) is 9.90 Å². The van der Waals surface area contributed by atoms with Gasteiger partial charge in [0.05, 0.1) is 19.7 Å². The number of aromatic amines is 1. The lowest BCUT2D eigenvalue weighted by molar-refractivity contribution is 0.0995. The maximum Gasteiger partial charge on any atom is 0.248 e. The van der Waals surface area contributed by atoms with Crippen molar-refractivity contribution >= 4 is 10.9 Å². The largest absolute Gasteiger partial charge is 0.493 e. The maximum absolute atomic E-state index is 11.8. The number of aliphatic hydroxyl groups excluding tert-OH is 1. The lowest BCUT2D eigenvalue weighted by Crippen LogP contribution is -2.46. The second kappa shape index (κ2) is 11.6. The molecule has 8 heteroatoms. The van der Waals surface area contributed by atoms with Gasteiger partial charge in [0.2, 0.25) is 5.56 Å². The average molecular weight is 481 g/mol. The second-order valence-corrected chi connectivity index (χ2v) is 8.76. The van der Waals surface area contributed by atoms with E-state index in [1.807, 2.05) is 18.2 Å². The fraction of sp³-hybridized carbons (Fsp3) is 0.370. The zero-order valence-electron chi connectivity index (χ0n) is 20.5. The maximum atomic E-state index is 11.8. The fourth-order valence-electron chi connectivity index (χ4n) is 3.77. The third-order valence-electron chi connectivity index (χ3n) is 5.47. The zero-order valence-corrected chi connectivity index (χ0v) is 20.5. The fourth-order valence-corrected chi connectivity index (χ4v) is 3.77. The van der Waals surface area contributed by atoms with Crippen molar-refractivity contribution in [2.75, 3.05) is 34.0 Å². The minimum Gasteiger partial charge on any atom is -0.493 e. The van der Waals surface area contributed by atoms with Crippen LogP contribution in [0.3, 0.4) is 0 Å². The van der Waals surface area contributed by atoms with Crippen molar-refractivity contribution < 1.29 is 24.1 Å². The number of pyridine rings is 1. The molecule has 0 aliphatic rings. The van der Waals surface area contributed by atoms with Gasteiger partial charge >= 0.3 is 0 Å². The smallest absolute Gasteiger partial charge is 0.248 e. The number of benzene rings is 2. The van der Waals surface area contributed by atoms with E-state index in [4.69, 9.17) is 25.4 Å². The Kier molecular flexibility index (Phi) is 8.63. The highest BCUT2D eigenvalue weighted by atomic mass is 16.5. The molecule has 0 amide bonds. The highest BCUT2D eigenvalue weighted by molar-refractivity contribution is 5.89. The van der Waals surface area contributed by atoms with Gasteiger partial charge in [0.1, 0.15) is 30.8 Å². The summed E-state index contributed by atoms with van der Waals surface area (Å²) in [5.74, 6) is 4.75. The molecule has 0 fully saturated rings. The van der Waals surface area contributed by atoms with Crippen LogP contribution >= 0.6 is 0 Å². The van der Waals surface area contributed by atoms with Gasteiger partial charge in [-0.1, -0.05) is 12.0 Å². The van der Waals surface area contributed by atoms with E-state index in [-0.39, 0.29) is 24.3 Å². The number of terminal acetylenes is 1. The summed E-state index contributed by atoms with van der Waals surface area (Å²) in [4.78, 5) is 14.6. The van der Waals surface area contributed by atoms with E-state index in [1.54, 1.807) is 32.4 Å². The number of aromatic nitrogens is 1. The van der Waals surface area contributed by atoms with E-state index in [0.29, 0.717) is 40.4 Å². The molecule has 1 heterocycles. The van der Waals surface area contributed by atoms with Crippen LogP contribution < -0.4 is 29.8 Å². The standard InChI is InChI=1S/C27H32N2O6/c1-6-13-34-23-11-10-21(20-8-12-25(31)29-26(20)23)35-17-19(30)16-28-27(2,3)15-18-7-9-22(32-4)24(14-18)33-5/h1,7-12,14,19,28,30H,13,15-17H2,2-5H3,(H,29,31). The molecule has 0 radical (unpaired) electrons. The number of methoxy groups -OCH3 is 2. The molecule has 8 nitrogen and oxygen atoms in total. The van der Waals surface area contributed by atoms with Crippen molar-refractivity contribution in [2.24, 2.45) is 0 Å². The third-order valence-corrected chi connectivity index (χ3v) is 5.47. The predicted octanol–water partition coefficient (Wildman–Crippen LogP) is 2.91. The second-order valence-electron chi connectivity index (χ2n) is 8.76. The lowest BCUT2D eigenvalue weighted by Gasteiger charge is -2.28. The number of β-amino-alcohol motifs (C(OH)–C–C–N with tert-alkyl or cyclic N) is 1. The molecule has 0 aliphatic heterocycles. The topological polar surface area (TPSA) is 102 Å². The molecule has 3 rings (SSSR count). The van der Waals surface area contributed by atoms with Crippen LogP contribution in [0.5, 0.6) is 23.0 Å².